The normalized spacial score (nSPS) is 12.6. The molecule has 1 atom stereocenters. The van der Waals surface area contributed by atoms with E-state index in [0.717, 1.165) is 5.56 Å². The molecule has 1 aromatic heterocycles. The number of carbonyl (C=O) groups excluding carboxylic acids is 1. The Morgan fingerprint density at radius 2 is 1.86 bits per heavy atom. The van der Waals surface area contributed by atoms with E-state index < -0.39 is 16.7 Å². The second kappa shape index (κ2) is 8.24. The molecule has 1 heterocycles. The van der Waals surface area contributed by atoms with Crippen LogP contribution in [0.5, 0.6) is 0 Å². The van der Waals surface area contributed by atoms with E-state index in [1.165, 1.54) is 16.8 Å². The molecule has 0 saturated heterocycles. The van der Waals surface area contributed by atoms with Gasteiger partial charge in [-0.3, -0.25) is 9.00 Å². The maximum atomic E-state index is 13.1. The fourth-order valence-electron chi connectivity index (χ4n) is 2.66. The predicted octanol–water partition coefficient (Wildman–Crippen LogP) is 4.01. The Labute approximate surface area is 171 Å². The number of hydrogen-bond donors (Lipinski definition) is 1. The molecular formula is C21H23FN4O2S. The van der Waals surface area contributed by atoms with Crippen molar-refractivity contribution in [3.05, 3.63) is 71.3 Å². The number of nitrogens with one attached hydrogen (secondary N) is 1. The molecule has 1 N–H and O–H groups in total. The molecule has 1 amide bonds. The van der Waals surface area contributed by atoms with Crippen molar-refractivity contribution in [2.45, 2.75) is 38.2 Å². The lowest BCUT2D eigenvalue weighted by Gasteiger charge is -2.17. The zero-order chi connectivity index (χ0) is 21.2. The fraction of sp³-hybridized carbons (Fsp3) is 0.286. The van der Waals surface area contributed by atoms with Crippen molar-refractivity contribution in [3.8, 4) is 5.69 Å². The molecule has 6 nitrogen and oxygen atoms in total. The van der Waals surface area contributed by atoms with Crippen LogP contribution in [0, 0.1) is 12.7 Å². The van der Waals surface area contributed by atoms with Gasteiger partial charge in [0.1, 0.15) is 5.82 Å². The Hall–Kier alpha value is -2.87. The summed E-state index contributed by atoms with van der Waals surface area (Å²) in [6, 6.07) is 13.0. The van der Waals surface area contributed by atoms with Crippen LogP contribution in [0.3, 0.4) is 0 Å². The van der Waals surface area contributed by atoms with Crippen LogP contribution in [-0.2, 0) is 16.6 Å². The Morgan fingerprint density at radius 3 is 2.52 bits per heavy atom. The predicted molar refractivity (Wildman–Crippen MR) is 112 cm³/mol. The first-order valence-electron chi connectivity index (χ1n) is 9.12. The van der Waals surface area contributed by atoms with E-state index in [2.05, 4.69) is 15.6 Å². The van der Waals surface area contributed by atoms with Gasteiger partial charge in [-0.1, -0.05) is 17.3 Å². The lowest BCUT2D eigenvalue weighted by molar-refractivity contribution is 0.102. The molecule has 8 heteroatoms. The first kappa shape index (κ1) is 20.9. The number of benzene rings is 2. The molecule has 0 aliphatic rings. The minimum atomic E-state index is -1.03. The SMILES string of the molecule is Cc1c(C(=O)Nc2cccc(CS(=O)C(C)(C)C)c2)nnn1-c1ccc(F)cc1. The minimum Gasteiger partial charge on any atom is -0.321 e. The van der Waals surface area contributed by atoms with Gasteiger partial charge in [0.15, 0.2) is 5.69 Å². The van der Waals surface area contributed by atoms with Crippen molar-refractivity contribution in [2.75, 3.05) is 5.32 Å². The molecule has 3 aromatic rings. The molecule has 0 saturated carbocycles. The van der Waals surface area contributed by atoms with Crippen molar-refractivity contribution in [2.24, 2.45) is 0 Å². The van der Waals surface area contributed by atoms with Gasteiger partial charge >= 0.3 is 0 Å². The van der Waals surface area contributed by atoms with Gasteiger partial charge in [-0.25, -0.2) is 9.07 Å². The monoisotopic (exact) mass is 414 g/mol. The van der Waals surface area contributed by atoms with Gasteiger partial charge < -0.3 is 5.32 Å². The Kier molecular flexibility index (Phi) is 5.93. The molecule has 0 fully saturated rings. The maximum Gasteiger partial charge on any atom is 0.278 e. The van der Waals surface area contributed by atoms with Crippen LogP contribution in [0.15, 0.2) is 48.5 Å². The van der Waals surface area contributed by atoms with Gasteiger partial charge in [0.2, 0.25) is 0 Å². The summed E-state index contributed by atoms with van der Waals surface area (Å²) in [5, 5.41) is 10.8. The highest BCUT2D eigenvalue weighted by Gasteiger charge is 2.20. The Balaban J connectivity index is 1.77. The number of nitrogens with zero attached hydrogens (tertiary/aromatic N) is 3. The van der Waals surface area contributed by atoms with E-state index in [0.29, 0.717) is 22.8 Å². The maximum absolute atomic E-state index is 13.1. The third-order valence-electron chi connectivity index (χ3n) is 4.35. The summed E-state index contributed by atoms with van der Waals surface area (Å²) in [6.07, 6.45) is 0. The molecule has 0 bridgehead atoms. The van der Waals surface area contributed by atoms with Crippen LogP contribution in [0.2, 0.25) is 0 Å². The van der Waals surface area contributed by atoms with E-state index in [9.17, 15) is 13.4 Å². The second-order valence-corrected chi connectivity index (χ2v) is 9.87. The van der Waals surface area contributed by atoms with E-state index in [1.807, 2.05) is 32.9 Å². The van der Waals surface area contributed by atoms with Crippen molar-refractivity contribution in [3.63, 3.8) is 0 Å². The standard InChI is InChI=1S/C21H23FN4O2S/c1-14-19(24-25-26(14)18-10-8-16(22)9-11-18)20(27)23-17-7-5-6-15(12-17)13-29(28)21(2,3)4/h5-12H,13H2,1-4H3,(H,23,27). The van der Waals surface area contributed by atoms with Gasteiger partial charge in [0.25, 0.3) is 5.91 Å². The fourth-order valence-corrected chi connectivity index (χ4v) is 3.58. The van der Waals surface area contributed by atoms with E-state index in [4.69, 9.17) is 0 Å². The third-order valence-corrected chi connectivity index (χ3v) is 6.31. The van der Waals surface area contributed by atoms with Crippen molar-refractivity contribution >= 4 is 22.4 Å². The summed E-state index contributed by atoms with van der Waals surface area (Å²) < 4.78 is 26.7. The highest BCUT2D eigenvalue weighted by atomic mass is 32.2. The van der Waals surface area contributed by atoms with E-state index in [-0.39, 0.29) is 16.3 Å². The second-order valence-electron chi connectivity index (χ2n) is 7.67. The summed E-state index contributed by atoms with van der Waals surface area (Å²) in [5.74, 6) is -0.339. The average Bonchev–Trinajstić information content (AvgIpc) is 3.03. The molecule has 2 aromatic carbocycles. The number of aromatic nitrogens is 3. The largest absolute Gasteiger partial charge is 0.321 e. The van der Waals surface area contributed by atoms with Crippen LogP contribution in [0.4, 0.5) is 10.1 Å². The molecule has 0 aliphatic carbocycles. The molecule has 0 spiro atoms. The number of amides is 1. The summed E-state index contributed by atoms with van der Waals surface area (Å²) in [7, 11) is -1.03. The Bertz CT molecular complexity index is 1060. The van der Waals surface area contributed by atoms with Gasteiger partial charge in [-0.05, 0) is 69.7 Å². The van der Waals surface area contributed by atoms with E-state index in [1.54, 1.807) is 31.2 Å². The molecule has 1 unspecified atom stereocenters. The first-order valence-corrected chi connectivity index (χ1v) is 10.4. The molecule has 29 heavy (non-hydrogen) atoms. The lowest BCUT2D eigenvalue weighted by atomic mass is 10.2. The average molecular weight is 415 g/mol. The zero-order valence-electron chi connectivity index (χ0n) is 16.8. The van der Waals surface area contributed by atoms with Gasteiger partial charge in [0.05, 0.1) is 11.4 Å². The number of rotatable bonds is 5. The minimum absolute atomic E-state index is 0.179. The third kappa shape index (κ3) is 4.95. The van der Waals surface area contributed by atoms with Gasteiger partial charge in [-0.15, -0.1) is 5.10 Å². The summed E-state index contributed by atoms with van der Waals surface area (Å²) in [4.78, 5) is 12.7. The summed E-state index contributed by atoms with van der Waals surface area (Å²) >= 11 is 0. The molecule has 3 rings (SSSR count). The quantitative estimate of drug-likeness (QED) is 0.684. The summed E-state index contributed by atoms with van der Waals surface area (Å²) in [6.45, 7) is 7.52. The van der Waals surface area contributed by atoms with Crippen LogP contribution in [0.25, 0.3) is 5.69 Å². The van der Waals surface area contributed by atoms with Gasteiger partial charge in [0, 0.05) is 27.0 Å². The number of hydrogen-bond acceptors (Lipinski definition) is 4. The van der Waals surface area contributed by atoms with Crippen LogP contribution in [0.1, 0.15) is 42.5 Å². The van der Waals surface area contributed by atoms with Crippen molar-refractivity contribution in [1.82, 2.24) is 15.0 Å². The number of carbonyl (C=O) groups is 1. The Morgan fingerprint density at radius 1 is 1.17 bits per heavy atom. The molecular weight excluding hydrogens is 391 g/mol. The lowest BCUT2D eigenvalue weighted by Crippen LogP contribution is -2.23. The molecule has 0 aliphatic heterocycles. The first-order chi connectivity index (χ1) is 13.6. The van der Waals surface area contributed by atoms with Crippen LogP contribution < -0.4 is 5.32 Å². The summed E-state index contributed by atoms with van der Waals surface area (Å²) in [5.41, 5.74) is 2.80. The highest BCUT2D eigenvalue weighted by molar-refractivity contribution is 7.85. The topological polar surface area (TPSA) is 76.9 Å². The number of anilines is 1. The molecule has 0 radical (unpaired) electrons. The smallest absolute Gasteiger partial charge is 0.278 e. The van der Waals surface area contributed by atoms with Crippen molar-refractivity contribution in [1.29, 1.82) is 0 Å². The van der Waals surface area contributed by atoms with E-state index >= 15 is 0 Å². The molecule has 152 valence electrons. The number of halogens is 1. The zero-order valence-corrected chi connectivity index (χ0v) is 17.6. The van der Waals surface area contributed by atoms with Crippen LogP contribution in [-0.4, -0.2) is 29.9 Å². The highest BCUT2D eigenvalue weighted by Crippen LogP contribution is 2.20. The van der Waals surface area contributed by atoms with Crippen LogP contribution >= 0.6 is 0 Å². The van der Waals surface area contributed by atoms with Gasteiger partial charge in [-0.2, -0.15) is 0 Å². The van der Waals surface area contributed by atoms with Crippen molar-refractivity contribution < 1.29 is 13.4 Å².